The molecule has 0 amide bonds. The van der Waals surface area contributed by atoms with Gasteiger partial charge in [-0.3, -0.25) is 0 Å². The third-order valence-corrected chi connectivity index (χ3v) is 9.22. The van der Waals surface area contributed by atoms with E-state index in [0.29, 0.717) is 10.9 Å². The summed E-state index contributed by atoms with van der Waals surface area (Å²) in [5.41, 5.74) is 5.18. The number of sulfone groups is 1. The van der Waals surface area contributed by atoms with E-state index in [1.807, 2.05) is 18.3 Å². The second kappa shape index (κ2) is 10.1. The van der Waals surface area contributed by atoms with Crippen LogP contribution in [0.1, 0.15) is 37.7 Å². The first-order valence-electron chi connectivity index (χ1n) is 12.4. The molecule has 0 bridgehead atoms. The standard InChI is InChI=1S/C29H31N3O2S2/c1-20-8-7-9-22(18-20)27-28(35-29(31-27)21-12-14-25(15-13-21)36(3,33)34)23-16-17-30-26(19-23)32(2)24-10-5-4-6-11-24/h7-9,12-19,24H,4-6,10-11H2,1-3H3. The molecule has 5 rings (SSSR count). The first kappa shape index (κ1) is 24.7. The van der Waals surface area contributed by atoms with Gasteiger partial charge in [-0.25, -0.2) is 18.4 Å². The number of aromatic nitrogens is 2. The zero-order chi connectivity index (χ0) is 25.3. The van der Waals surface area contributed by atoms with Crippen molar-refractivity contribution in [2.75, 3.05) is 18.2 Å². The second-order valence-corrected chi connectivity index (χ2v) is 12.7. The van der Waals surface area contributed by atoms with E-state index in [4.69, 9.17) is 9.97 Å². The van der Waals surface area contributed by atoms with Crippen molar-refractivity contribution in [3.8, 4) is 32.3 Å². The number of benzene rings is 2. The quantitative estimate of drug-likeness (QED) is 0.275. The van der Waals surface area contributed by atoms with Gasteiger partial charge in [-0.05, 0) is 55.7 Å². The van der Waals surface area contributed by atoms with Crippen LogP contribution in [-0.2, 0) is 9.84 Å². The van der Waals surface area contributed by atoms with Crippen molar-refractivity contribution < 1.29 is 8.42 Å². The van der Waals surface area contributed by atoms with Crippen molar-refractivity contribution in [2.24, 2.45) is 0 Å². The molecule has 186 valence electrons. The lowest BCUT2D eigenvalue weighted by molar-refractivity contribution is 0.426. The lowest BCUT2D eigenvalue weighted by atomic mass is 9.94. The Labute approximate surface area is 217 Å². The van der Waals surface area contributed by atoms with Crippen molar-refractivity contribution >= 4 is 27.0 Å². The average Bonchev–Trinajstić information content (AvgIpc) is 3.34. The van der Waals surface area contributed by atoms with Gasteiger partial charge >= 0.3 is 0 Å². The zero-order valence-electron chi connectivity index (χ0n) is 20.9. The number of thiazole rings is 1. The molecule has 0 atom stereocenters. The molecule has 1 saturated carbocycles. The highest BCUT2D eigenvalue weighted by Crippen LogP contribution is 2.41. The lowest BCUT2D eigenvalue weighted by Crippen LogP contribution is -2.33. The number of hydrogen-bond acceptors (Lipinski definition) is 6. The molecular weight excluding hydrogens is 486 g/mol. The zero-order valence-corrected chi connectivity index (χ0v) is 22.6. The maximum Gasteiger partial charge on any atom is 0.175 e. The Morgan fingerprint density at radius 2 is 1.67 bits per heavy atom. The van der Waals surface area contributed by atoms with Crippen LogP contribution in [0.15, 0.2) is 71.8 Å². The molecular formula is C29H31N3O2S2. The third-order valence-electron chi connectivity index (χ3n) is 6.94. The Kier molecular flexibility index (Phi) is 6.95. The Morgan fingerprint density at radius 3 is 2.36 bits per heavy atom. The topological polar surface area (TPSA) is 63.2 Å². The maximum absolute atomic E-state index is 11.9. The van der Waals surface area contributed by atoms with Crippen molar-refractivity contribution in [1.29, 1.82) is 0 Å². The summed E-state index contributed by atoms with van der Waals surface area (Å²) < 4.78 is 23.8. The molecule has 36 heavy (non-hydrogen) atoms. The van der Waals surface area contributed by atoms with E-state index in [9.17, 15) is 8.42 Å². The molecule has 5 nitrogen and oxygen atoms in total. The van der Waals surface area contributed by atoms with Crippen LogP contribution in [0.4, 0.5) is 5.82 Å². The number of nitrogens with zero attached hydrogens (tertiary/aromatic N) is 3. The SMILES string of the molecule is Cc1cccc(-c2nc(-c3ccc(S(C)(=O)=O)cc3)sc2-c2ccnc(N(C)C3CCCCC3)c2)c1. The van der Waals surface area contributed by atoms with E-state index in [-0.39, 0.29) is 0 Å². The normalized spacial score (nSPS) is 14.6. The van der Waals surface area contributed by atoms with Crippen LogP contribution in [0.5, 0.6) is 0 Å². The van der Waals surface area contributed by atoms with E-state index in [1.54, 1.807) is 23.5 Å². The molecule has 0 radical (unpaired) electrons. The summed E-state index contributed by atoms with van der Waals surface area (Å²) in [4.78, 5) is 13.5. The van der Waals surface area contributed by atoms with Crippen molar-refractivity contribution in [2.45, 2.75) is 50.0 Å². The van der Waals surface area contributed by atoms with Crippen LogP contribution in [0.3, 0.4) is 0 Å². The highest BCUT2D eigenvalue weighted by molar-refractivity contribution is 7.90. The van der Waals surface area contributed by atoms with E-state index in [2.05, 4.69) is 55.3 Å². The number of rotatable bonds is 6. The van der Waals surface area contributed by atoms with Gasteiger partial charge in [-0.1, -0.05) is 55.2 Å². The van der Waals surface area contributed by atoms with Crippen LogP contribution in [0, 0.1) is 6.92 Å². The minimum atomic E-state index is -3.25. The number of anilines is 1. The molecule has 0 spiro atoms. The fraction of sp³-hybridized carbons (Fsp3) is 0.310. The second-order valence-electron chi connectivity index (χ2n) is 9.67. The predicted molar refractivity (Wildman–Crippen MR) is 149 cm³/mol. The van der Waals surface area contributed by atoms with Gasteiger partial charge in [-0.15, -0.1) is 11.3 Å². The fourth-order valence-corrected chi connectivity index (χ4v) is 6.60. The van der Waals surface area contributed by atoms with Crippen LogP contribution >= 0.6 is 11.3 Å². The molecule has 0 aliphatic heterocycles. The summed E-state index contributed by atoms with van der Waals surface area (Å²) in [5.74, 6) is 0.988. The molecule has 1 aliphatic carbocycles. The number of aryl methyl sites for hydroxylation is 1. The van der Waals surface area contributed by atoms with Crippen LogP contribution < -0.4 is 4.90 Å². The summed E-state index contributed by atoms with van der Waals surface area (Å²) in [7, 11) is -1.09. The summed E-state index contributed by atoms with van der Waals surface area (Å²) in [5, 5.41) is 0.862. The molecule has 0 unspecified atom stereocenters. The molecule has 4 aromatic rings. The molecule has 2 aromatic heterocycles. The monoisotopic (exact) mass is 517 g/mol. The van der Waals surface area contributed by atoms with Crippen LogP contribution in [-0.4, -0.2) is 37.7 Å². The fourth-order valence-electron chi connectivity index (χ4n) is 4.88. The van der Waals surface area contributed by atoms with Crippen molar-refractivity contribution in [3.05, 3.63) is 72.4 Å². The van der Waals surface area contributed by atoms with E-state index >= 15 is 0 Å². The highest BCUT2D eigenvalue weighted by Gasteiger charge is 2.21. The Hall–Kier alpha value is -3.03. The first-order valence-corrected chi connectivity index (χ1v) is 15.1. The van der Waals surface area contributed by atoms with Gasteiger partial charge in [0.05, 0.1) is 15.5 Å². The smallest absolute Gasteiger partial charge is 0.175 e. The third kappa shape index (κ3) is 5.22. The molecule has 2 heterocycles. The van der Waals surface area contributed by atoms with Gasteiger partial charge in [0.15, 0.2) is 9.84 Å². The Balaban J connectivity index is 1.58. The van der Waals surface area contributed by atoms with Crippen molar-refractivity contribution in [3.63, 3.8) is 0 Å². The summed E-state index contributed by atoms with van der Waals surface area (Å²) in [6, 6.07) is 20.2. The molecule has 2 aromatic carbocycles. The lowest BCUT2D eigenvalue weighted by Gasteiger charge is -2.32. The van der Waals surface area contributed by atoms with Gasteiger partial charge in [0.25, 0.3) is 0 Å². The Bertz CT molecular complexity index is 1470. The predicted octanol–water partition coefficient (Wildman–Crippen LogP) is 7.02. The van der Waals surface area contributed by atoms with E-state index in [1.165, 1.54) is 43.9 Å². The number of pyridine rings is 1. The summed E-state index contributed by atoms with van der Waals surface area (Å²) >= 11 is 1.63. The van der Waals surface area contributed by atoms with E-state index < -0.39 is 9.84 Å². The molecule has 0 saturated heterocycles. The van der Waals surface area contributed by atoms with E-state index in [0.717, 1.165) is 38.1 Å². The minimum absolute atomic E-state index is 0.312. The number of hydrogen-bond donors (Lipinski definition) is 0. The largest absolute Gasteiger partial charge is 0.357 e. The molecule has 1 aliphatic rings. The summed E-state index contributed by atoms with van der Waals surface area (Å²) in [6.07, 6.45) is 9.43. The minimum Gasteiger partial charge on any atom is -0.357 e. The van der Waals surface area contributed by atoms with Gasteiger partial charge < -0.3 is 4.90 Å². The first-order chi connectivity index (χ1) is 17.3. The Morgan fingerprint density at radius 1 is 0.917 bits per heavy atom. The molecule has 0 N–H and O–H groups in total. The van der Waals surface area contributed by atoms with Gasteiger partial charge in [0.2, 0.25) is 0 Å². The van der Waals surface area contributed by atoms with Gasteiger partial charge in [0.1, 0.15) is 10.8 Å². The van der Waals surface area contributed by atoms with Gasteiger partial charge in [-0.2, -0.15) is 0 Å². The van der Waals surface area contributed by atoms with Crippen molar-refractivity contribution in [1.82, 2.24) is 9.97 Å². The highest BCUT2D eigenvalue weighted by atomic mass is 32.2. The van der Waals surface area contributed by atoms with Crippen LogP contribution in [0.25, 0.3) is 32.3 Å². The maximum atomic E-state index is 11.9. The van der Waals surface area contributed by atoms with Crippen LogP contribution in [0.2, 0.25) is 0 Å². The molecule has 7 heteroatoms. The van der Waals surface area contributed by atoms with Gasteiger partial charge in [0, 0.05) is 36.7 Å². The summed E-state index contributed by atoms with van der Waals surface area (Å²) in [6.45, 7) is 2.09. The average molecular weight is 518 g/mol. The molecule has 1 fully saturated rings.